The number of carbonyl (C=O) groups excluding carboxylic acids is 1. The molecule has 1 heterocycles. The molecule has 0 fully saturated rings. The lowest BCUT2D eigenvalue weighted by atomic mass is 10.1. The predicted octanol–water partition coefficient (Wildman–Crippen LogP) is 2.85. The second-order valence-corrected chi connectivity index (χ2v) is 3.51. The Kier molecular flexibility index (Phi) is 2.57. The zero-order valence-electron chi connectivity index (χ0n) is 8.75. The van der Waals surface area contributed by atoms with Gasteiger partial charge in [0.1, 0.15) is 0 Å². The summed E-state index contributed by atoms with van der Waals surface area (Å²) in [6, 6.07) is 4.28. The largest absolute Gasteiger partial charge is 0.434 e. The SMILES string of the molecule is CC(=O)c1ccc2ncc(C(F)(F)F)nc2c1. The number of ketones is 1. The highest BCUT2D eigenvalue weighted by Gasteiger charge is 2.33. The van der Waals surface area contributed by atoms with Crippen LogP contribution in [0.3, 0.4) is 0 Å². The lowest BCUT2D eigenvalue weighted by Gasteiger charge is -2.06. The van der Waals surface area contributed by atoms with Gasteiger partial charge in [-0.15, -0.1) is 0 Å². The number of rotatable bonds is 1. The summed E-state index contributed by atoms with van der Waals surface area (Å²) in [5.41, 5.74) is -0.368. The molecular weight excluding hydrogens is 233 g/mol. The van der Waals surface area contributed by atoms with Gasteiger partial charge < -0.3 is 0 Å². The molecule has 0 saturated carbocycles. The van der Waals surface area contributed by atoms with Crippen molar-refractivity contribution >= 4 is 16.8 Å². The Morgan fingerprint density at radius 2 is 1.94 bits per heavy atom. The summed E-state index contributed by atoms with van der Waals surface area (Å²) >= 11 is 0. The molecule has 0 aliphatic rings. The third kappa shape index (κ3) is 2.25. The van der Waals surface area contributed by atoms with Crippen LogP contribution in [0.25, 0.3) is 11.0 Å². The van der Waals surface area contributed by atoms with E-state index in [0.29, 0.717) is 17.3 Å². The van der Waals surface area contributed by atoms with Gasteiger partial charge in [-0.05, 0) is 25.1 Å². The van der Waals surface area contributed by atoms with Crippen molar-refractivity contribution in [3.05, 3.63) is 35.7 Å². The van der Waals surface area contributed by atoms with Crippen LogP contribution in [0.4, 0.5) is 13.2 Å². The minimum atomic E-state index is -4.53. The second kappa shape index (κ2) is 3.80. The molecule has 0 unspecified atom stereocenters. The first-order valence-electron chi connectivity index (χ1n) is 4.73. The summed E-state index contributed by atoms with van der Waals surface area (Å²) in [6.45, 7) is 1.34. The maximum Gasteiger partial charge on any atom is 0.434 e. The summed E-state index contributed by atoms with van der Waals surface area (Å²) in [7, 11) is 0. The van der Waals surface area contributed by atoms with Crippen molar-refractivity contribution in [2.75, 3.05) is 0 Å². The van der Waals surface area contributed by atoms with E-state index in [9.17, 15) is 18.0 Å². The molecule has 0 saturated heterocycles. The van der Waals surface area contributed by atoms with Crippen molar-refractivity contribution in [3.63, 3.8) is 0 Å². The molecule has 3 nitrogen and oxygen atoms in total. The van der Waals surface area contributed by atoms with Gasteiger partial charge in [-0.2, -0.15) is 13.2 Å². The molecule has 1 aromatic heterocycles. The van der Waals surface area contributed by atoms with Gasteiger partial charge in [-0.25, -0.2) is 4.98 Å². The number of carbonyl (C=O) groups is 1. The Morgan fingerprint density at radius 3 is 2.53 bits per heavy atom. The molecule has 0 spiro atoms. The monoisotopic (exact) mass is 240 g/mol. The fraction of sp³-hybridized carbons (Fsp3) is 0.182. The standard InChI is InChI=1S/C11H7F3N2O/c1-6(17)7-2-3-8-9(4-7)16-10(5-15-8)11(12,13)14/h2-5H,1H3. The van der Waals surface area contributed by atoms with Gasteiger partial charge in [0.05, 0.1) is 17.2 Å². The van der Waals surface area contributed by atoms with E-state index in [1.54, 1.807) is 0 Å². The molecule has 6 heteroatoms. The van der Waals surface area contributed by atoms with E-state index >= 15 is 0 Å². The van der Waals surface area contributed by atoms with Gasteiger partial charge in [0, 0.05) is 5.56 Å². The number of hydrogen-bond donors (Lipinski definition) is 0. The smallest absolute Gasteiger partial charge is 0.295 e. The van der Waals surface area contributed by atoms with E-state index in [1.807, 2.05) is 0 Å². The van der Waals surface area contributed by atoms with Crippen LogP contribution in [0.2, 0.25) is 0 Å². The highest BCUT2D eigenvalue weighted by Crippen LogP contribution is 2.28. The van der Waals surface area contributed by atoms with Gasteiger partial charge in [0.15, 0.2) is 11.5 Å². The lowest BCUT2D eigenvalue weighted by molar-refractivity contribution is -0.141. The maximum absolute atomic E-state index is 12.4. The molecule has 0 aliphatic heterocycles. The molecular formula is C11H7F3N2O. The summed E-state index contributed by atoms with van der Waals surface area (Å²) in [5.74, 6) is -0.230. The van der Waals surface area contributed by atoms with Crippen molar-refractivity contribution in [1.82, 2.24) is 9.97 Å². The van der Waals surface area contributed by atoms with Crippen LogP contribution in [0.5, 0.6) is 0 Å². The molecule has 2 aromatic rings. The Bertz CT molecular complexity index is 593. The van der Waals surface area contributed by atoms with Crippen LogP contribution in [0.15, 0.2) is 24.4 Å². The van der Waals surface area contributed by atoms with Gasteiger partial charge >= 0.3 is 6.18 Å². The minimum Gasteiger partial charge on any atom is -0.295 e. The van der Waals surface area contributed by atoms with Gasteiger partial charge in [0.25, 0.3) is 0 Å². The summed E-state index contributed by atoms with van der Waals surface area (Å²) in [5, 5.41) is 0. The van der Waals surface area contributed by atoms with E-state index in [-0.39, 0.29) is 11.3 Å². The van der Waals surface area contributed by atoms with Crippen molar-refractivity contribution in [2.24, 2.45) is 0 Å². The first-order valence-corrected chi connectivity index (χ1v) is 4.73. The first kappa shape index (κ1) is 11.5. The van der Waals surface area contributed by atoms with E-state index in [0.717, 1.165) is 0 Å². The topological polar surface area (TPSA) is 42.9 Å². The maximum atomic E-state index is 12.4. The Morgan fingerprint density at radius 1 is 1.24 bits per heavy atom. The molecule has 0 atom stereocenters. The highest BCUT2D eigenvalue weighted by molar-refractivity contribution is 5.97. The minimum absolute atomic E-state index is 0.0625. The summed E-state index contributed by atoms with van der Waals surface area (Å²) in [4.78, 5) is 18.2. The van der Waals surface area contributed by atoms with E-state index in [4.69, 9.17) is 0 Å². The number of Topliss-reactive ketones (excluding diaryl/α,β-unsaturated/α-hetero) is 1. The molecule has 0 bridgehead atoms. The Hall–Kier alpha value is -1.98. The van der Waals surface area contributed by atoms with Crippen LogP contribution in [-0.4, -0.2) is 15.8 Å². The van der Waals surface area contributed by atoms with Gasteiger partial charge in [-0.1, -0.05) is 0 Å². The number of benzene rings is 1. The third-order valence-corrected chi connectivity index (χ3v) is 2.24. The van der Waals surface area contributed by atoms with Crippen LogP contribution in [0.1, 0.15) is 23.0 Å². The lowest BCUT2D eigenvalue weighted by Crippen LogP contribution is -2.08. The van der Waals surface area contributed by atoms with Crippen molar-refractivity contribution < 1.29 is 18.0 Å². The Labute approximate surface area is 94.3 Å². The normalized spacial score (nSPS) is 11.8. The molecule has 2 rings (SSSR count). The van der Waals surface area contributed by atoms with Crippen LogP contribution < -0.4 is 0 Å². The van der Waals surface area contributed by atoms with Gasteiger partial charge in [0.2, 0.25) is 0 Å². The molecule has 0 aliphatic carbocycles. The number of alkyl halides is 3. The fourth-order valence-corrected chi connectivity index (χ4v) is 1.37. The zero-order chi connectivity index (χ0) is 12.6. The van der Waals surface area contributed by atoms with Crippen LogP contribution in [0, 0.1) is 0 Å². The summed E-state index contributed by atoms with van der Waals surface area (Å²) < 4.78 is 37.2. The van der Waals surface area contributed by atoms with Crippen LogP contribution in [-0.2, 0) is 6.18 Å². The van der Waals surface area contributed by atoms with E-state index in [1.165, 1.54) is 25.1 Å². The predicted molar refractivity (Wildman–Crippen MR) is 54.5 cm³/mol. The van der Waals surface area contributed by atoms with E-state index in [2.05, 4.69) is 9.97 Å². The molecule has 0 amide bonds. The van der Waals surface area contributed by atoms with Crippen molar-refractivity contribution in [2.45, 2.75) is 13.1 Å². The second-order valence-electron chi connectivity index (χ2n) is 3.51. The molecule has 0 N–H and O–H groups in total. The van der Waals surface area contributed by atoms with Crippen molar-refractivity contribution in [3.8, 4) is 0 Å². The fourth-order valence-electron chi connectivity index (χ4n) is 1.37. The number of aromatic nitrogens is 2. The first-order chi connectivity index (χ1) is 7.88. The highest BCUT2D eigenvalue weighted by atomic mass is 19.4. The molecule has 0 radical (unpaired) electrons. The van der Waals surface area contributed by atoms with E-state index < -0.39 is 11.9 Å². The molecule has 88 valence electrons. The molecule has 17 heavy (non-hydrogen) atoms. The number of halogens is 3. The van der Waals surface area contributed by atoms with Gasteiger partial charge in [-0.3, -0.25) is 9.78 Å². The van der Waals surface area contributed by atoms with Crippen LogP contribution >= 0.6 is 0 Å². The summed E-state index contributed by atoms with van der Waals surface area (Å²) in [6.07, 6.45) is -3.86. The molecule has 1 aromatic carbocycles. The number of fused-ring (bicyclic) bond motifs is 1. The quantitative estimate of drug-likeness (QED) is 0.720. The number of nitrogens with zero attached hydrogens (tertiary/aromatic N) is 2. The third-order valence-electron chi connectivity index (χ3n) is 2.24. The zero-order valence-corrected chi connectivity index (χ0v) is 8.75. The van der Waals surface area contributed by atoms with Crippen molar-refractivity contribution in [1.29, 1.82) is 0 Å². The average Bonchev–Trinajstić information content (AvgIpc) is 2.26. The average molecular weight is 240 g/mol. The number of hydrogen-bond acceptors (Lipinski definition) is 3. The Balaban J connectivity index is 2.62.